The fourth-order valence-corrected chi connectivity index (χ4v) is 3.82. The summed E-state index contributed by atoms with van der Waals surface area (Å²) in [6, 6.07) is 16.3. The summed E-state index contributed by atoms with van der Waals surface area (Å²) < 4.78 is 0. The van der Waals surface area contributed by atoms with Crippen molar-refractivity contribution in [2.75, 3.05) is 13.1 Å². The maximum atomic E-state index is 10.8. The van der Waals surface area contributed by atoms with Gasteiger partial charge in [0.2, 0.25) is 0 Å². The highest BCUT2D eigenvalue weighted by Gasteiger charge is 2.28. The average Bonchev–Trinajstić information content (AvgIpc) is 2.64. The predicted molar refractivity (Wildman–Crippen MR) is 102 cm³/mol. The van der Waals surface area contributed by atoms with Crippen LogP contribution in [0.5, 0.6) is 5.75 Å². The van der Waals surface area contributed by atoms with Crippen LogP contribution in [0.4, 0.5) is 0 Å². The molecule has 0 radical (unpaired) electrons. The van der Waals surface area contributed by atoms with E-state index in [2.05, 4.69) is 42.2 Å². The van der Waals surface area contributed by atoms with Crippen molar-refractivity contribution in [1.29, 1.82) is 0 Å². The molecule has 0 saturated carbocycles. The van der Waals surface area contributed by atoms with Crippen molar-refractivity contribution in [3.05, 3.63) is 65.2 Å². The van der Waals surface area contributed by atoms with Crippen LogP contribution >= 0.6 is 0 Å². The van der Waals surface area contributed by atoms with Crippen LogP contribution in [0.1, 0.15) is 42.4 Å². The third kappa shape index (κ3) is 4.42. The zero-order valence-electron chi connectivity index (χ0n) is 15.2. The van der Waals surface area contributed by atoms with Gasteiger partial charge in [-0.15, -0.1) is 0 Å². The molecule has 1 aliphatic rings. The molecule has 2 N–H and O–H groups in total. The molecule has 3 heteroatoms. The van der Waals surface area contributed by atoms with Gasteiger partial charge in [-0.3, -0.25) is 4.90 Å². The second-order valence-corrected chi connectivity index (χ2v) is 7.42. The first-order valence-electron chi connectivity index (χ1n) is 9.30. The van der Waals surface area contributed by atoms with Crippen LogP contribution in [0.3, 0.4) is 0 Å². The van der Waals surface area contributed by atoms with E-state index in [4.69, 9.17) is 0 Å². The summed E-state index contributed by atoms with van der Waals surface area (Å²) in [6.45, 7) is 5.85. The lowest BCUT2D eigenvalue weighted by Crippen LogP contribution is -2.44. The molecule has 0 aliphatic carbocycles. The SMILES string of the molecule is Cc1cc(C(C)C(O)N2CCC(Cc3ccccc3)CC2)ccc1O. The van der Waals surface area contributed by atoms with Gasteiger partial charge in [-0.2, -0.15) is 0 Å². The summed E-state index contributed by atoms with van der Waals surface area (Å²) in [5.41, 5.74) is 3.35. The van der Waals surface area contributed by atoms with E-state index in [1.807, 2.05) is 19.1 Å². The fraction of sp³-hybridized carbons (Fsp3) is 0.455. The summed E-state index contributed by atoms with van der Waals surface area (Å²) >= 11 is 0. The van der Waals surface area contributed by atoms with Gasteiger partial charge >= 0.3 is 0 Å². The van der Waals surface area contributed by atoms with E-state index in [9.17, 15) is 10.2 Å². The second-order valence-electron chi connectivity index (χ2n) is 7.42. The highest BCUT2D eigenvalue weighted by Crippen LogP contribution is 2.29. The molecule has 0 aromatic heterocycles. The van der Waals surface area contributed by atoms with Gasteiger partial charge in [0.25, 0.3) is 0 Å². The third-order valence-electron chi connectivity index (χ3n) is 5.58. The van der Waals surface area contributed by atoms with E-state index in [-0.39, 0.29) is 5.92 Å². The molecule has 1 heterocycles. The highest BCUT2D eigenvalue weighted by molar-refractivity contribution is 5.36. The molecule has 2 unspecified atom stereocenters. The molecule has 1 saturated heterocycles. The van der Waals surface area contributed by atoms with Crippen LogP contribution in [0, 0.1) is 12.8 Å². The zero-order valence-corrected chi connectivity index (χ0v) is 15.2. The largest absolute Gasteiger partial charge is 0.508 e. The number of piperidine rings is 1. The maximum Gasteiger partial charge on any atom is 0.118 e. The van der Waals surface area contributed by atoms with Crippen LogP contribution < -0.4 is 0 Å². The number of aliphatic hydroxyl groups excluding tert-OH is 1. The number of aliphatic hydroxyl groups is 1. The highest BCUT2D eigenvalue weighted by atomic mass is 16.3. The minimum atomic E-state index is -0.471. The summed E-state index contributed by atoms with van der Waals surface area (Å²) in [4.78, 5) is 2.20. The van der Waals surface area contributed by atoms with E-state index < -0.39 is 6.23 Å². The molecule has 0 bridgehead atoms. The Kier molecular flexibility index (Phi) is 5.77. The Morgan fingerprint density at radius 2 is 1.76 bits per heavy atom. The summed E-state index contributed by atoms with van der Waals surface area (Å²) in [7, 11) is 0. The minimum Gasteiger partial charge on any atom is -0.508 e. The van der Waals surface area contributed by atoms with E-state index in [1.165, 1.54) is 5.56 Å². The summed E-state index contributed by atoms with van der Waals surface area (Å²) in [5.74, 6) is 1.05. The van der Waals surface area contributed by atoms with Gasteiger partial charge in [0.15, 0.2) is 0 Å². The summed E-state index contributed by atoms with van der Waals surface area (Å²) in [6.07, 6.45) is 2.93. The number of likely N-dealkylation sites (tertiary alicyclic amines) is 1. The quantitative estimate of drug-likeness (QED) is 0.863. The van der Waals surface area contributed by atoms with Gasteiger partial charge < -0.3 is 10.2 Å². The molecule has 2 aromatic rings. The van der Waals surface area contributed by atoms with Crippen molar-refractivity contribution >= 4 is 0 Å². The molecule has 3 nitrogen and oxygen atoms in total. The van der Waals surface area contributed by atoms with E-state index in [0.29, 0.717) is 11.7 Å². The van der Waals surface area contributed by atoms with Crippen molar-refractivity contribution in [3.63, 3.8) is 0 Å². The number of benzene rings is 2. The third-order valence-corrected chi connectivity index (χ3v) is 5.58. The number of phenols is 1. The first-order valence-corrected chi connectivity index (χ1v) is 9.30. The molecule has 2 aromatic carbocycles. The Morgan fingerprint density at radius 3 is 2.40 bits per heavy atom. The van der Waals surface area contributed by atoms with Crippen molar-refractivity contribution in [2.24, 2.45) is 5.92 Å². The zero-order chi connectivity index (χ0) is 17.8. The molecule has 1 aliphatic heterocycles. The molecular weight excluding hydrogens is 310 g/mol. The molecule has 2 atom stereocenters. The van der Waals surface area contributed by atoms with Crippen molar-refractivity contribution in [3.8, 4) is 5.75 Å². The Morgan fingerprint density at radius 1 is 1.08 bits per heavy atom. The lowest BCUT2D eigenvalue weighted by molar-refractivity contribution is -0.0313. The lowest BCUT2D eigenvalue weighted by atomic mass is 9.89. The number of aryl methyl sites for hydroxylation is 1. The van der Waals surface area contributed by atoms with Crippen molar-refractivity contribution < 1.29 is 10.2 Å². The number of nitrogens with zero attached hydrogens (tertiary/aromatic N) is 1. The topological polar surface area (TPSA) is 43.7 Å². The predicted octanol–water partition coefficient (Wildman–Crippen LogP) is 4.08. The number of aromatic hydroxyl groups is 1. The maximum absolute atomic E-state index is 10.8. The van der Waals surface area contributed by atoms with Crippen molar-refractivity contribution in [1.82, 2.24) is 4.90 Å². The number of phenolic OH excluding ortho intramolecular Hbond substituents is 1. The lowest BCUT2D eigenvalue weighted by Gasteiger charge is -2.37. The van der Waals surface area contributed by atoms with Gasteiger partial charge in [0.05, 0.1) is 0 Å². The Bertz CT molecular complexity index is 678. The second kappa shape index (κ2) is 8.03. The van der Waals surface area contributed by atoms with Crippen LogP contribution in [-0.4, -0.2) is 34.4 Å². The number of rotatable bonds is 5. The molecular formula is C22H29NO2. The van der Waals surface area contributed by atoms with Crippen LogP contribution in [0.15, 0.2) is 48.5 Å². The Balaban J connectivity index is 1.55. The van der Waals surface area contributed by atoms with Crippen LogP contribution in [0.2, 0.25) is 0 Å². The van der Waals surface area contributed by atoms with Gasteiger partial charge in [-0.1, -0.05) is 49.4 Å². The first kappa shape index (κ1) is 18.0. The van der Waals surface area contributed by atoms with Gasteiger partial charge in [0.1, 0.15) is 12.0 Å². The molecule has 134 valence electrons. The van der Waals surface area contributed by atoms with Gasteiger partial charge in [-0.05, 0) is 54.9 Å². The monoisotopic (exact) mass is 339 g/mol. The molecule has 25 heavy (non-hydrogen) atoms. The smallest absolute Gasteiger partial charge is 0.118 e. The van der Waals surface area contributed by atoms with Gasteiger partial charge in [0, 0.05) is 19.0 Å². The van der Waals surface area contributed by atoms with Gasteiger partial charge in [-0.25, -0.2) is 0 Å². The van der Waals surface area contributed by atoms with Crippen LogP contribution in [0.25, 0.3) is 0 Å². The summed E-state index contributed by atoms with van der Waals surface area (Å²) in [5, 5.41) is 20.5. The molecule has 3 rings (SSSR count). The Hall–Kier alpha value is -1.84. The normalized spacial score (nSPS) is 18.8. The van der Waals surface area contributed by atoms with Crippen LogP contribution in [-0.2, 0) is 6.42 Å². The molecule has 0 amide bonds. The van der Waals surface area contributed by atoms with E-state index >= 15 is 0 Å². The van der Waals surface area contributed by atoms with E-state index in [1.54, 1.807) is 6.07 Å². The number of hydrogen-bond acceptors (Lipinski definition) is 3. The van der Waals surface area contributed by atoms with E-state index in [0.717, 1.165) is 43.5 Å². The standard InChI is InChI=1S/C22H29NO2/c1-16-14-20(8-9-21(16)24)17(2)22(25)23-12-10-19(11-13-23)15-18-6-4-3-5-7-18/h3-9,14,17,19,22,24-25H,10-13,15H2,1-2H3. The minimum absolute atomic E-state index is 0.0324. The first-order chi connectivity index (χ1) is 12.0. The molecule has 0 spiro atoms. The number of hydrogen-bond donors (Lipinski definition) is 2. The van der Waals surface area contributed by atoms with Crippen molar-refractivity contribution in [2.45, 2.75) is 45.3 Å². The molecule has 1 fully saturated rings. The average molecular weight is 339 g/mol. The fourth-order valence-electron chi connectivity index (χ4n) is 3.82. The Labute approximate surface area is 150 Å².